The van der Waals surface area contributed by atoms with Crippen LogP contribution in [0.3, 0.4) is 0 Å². The molecule has 1 aromatic rings. The molecule has 1 aliphatic heterocycles. The van der Waals surface area contributed by atoms with E-state index in [0.29, 0.717) is 18.1 Å². The van der Waals surface area contributed by atoms with Crippen LogP contribution in [0.4, 0.5) is 0 Å². The molecule has 0 atom stereocenters. The zero-order chi connectivity index (χ0) is 17.7. The van der Waals surface area contributed by atoms with Gasteiger partial charge in [-0.05, 0) is 24.7 Å². The number of sulfonamides is 1. The highest BCUT2D eigenvalue weighted by Gasteiger charge is 2.22. The van der Waals surface area contributed by atoms with Gasteiger partial charge in [-0.3, -0.25) is 4.79 Å². The van der Waals surface area contributed by atoms with Crippen LogP contribution < -0.4 is 0 Å². The van der Waals surface area contributed by atoms with Gasteiger partial charge in [0.25, 0.3) is 0 Å². The molecule has 0 N–H and O–H groups in total. The van der Waals surface area contributed by atoms with Crippen LogP contribution in [0.2, 0.25) is 5.02 Å². The Bertz CT molecular complexity index is 656. The molecule has 1 heterocycles. The van der Waals surface area contributed by atoms with Crippen molar-refractivity contribution in [3.8, 4) is 0 Å². The van der Waals surface area contributed by atoms with Crippen molar-refractivity contribution in [2.75, 3.05) is 46.0 Å². The van der Waals surface area contributed by atoms with Crippen molar-refractivity contribution in [3.05, 3.63) is 34.9 Å². The molecule has 0 spiro atoms. The molecule has 0 aliphatic carbocycles. The Kier molecular flexibility index (Phi) is 6.62. The lowest BCUT2D eigenvalue weighted by Gasteiger charge is -2.33. The van der Waals surface area contributed by atoms with Gasteiger partial charge in [0, 0.05) is 50.7 Å². The quantitative estimate of drug-likeness (QED) is 0.753. The van der Waals surface area contributed by atoms with Crippen LogP contribution >= 0.6 is 11.6 Å². The third-order valence-electron chi connectivity index (χ3n) is 4.17. The Morgan fingerprint density at radius 3 is 2.29 bits per heavy atom. The predicted molar refractivity (Wildman–Crippen MR) is 95.4 cm³/mol. The smallest absolute Gasteiger partial charge is 0.223 e. The summed E-state index contributed by atoms with van der Waals surface area (Å²) in [5.41, 5.74) is 0.844. The average molecular weight is 374 g/mol. The van der Waals surface area contributed by atoms with Crippen molar-refractivity contribution in [1.82, 2.24) is 14.1 Å². The Balaban J connectivity index is 1.94. The van der Waals surface area contributed by atoms with Gasteiger partial charge in [-0.15, -0.1) is 0 Å². The van der Waals surface area contributed by atoms with Crippen molar-refractivity contribution in [1.29, 1.82) is 0 Å². The molecule has 1 amide bonds. The summed E-state index contributed by atoms with van der Waals surface area (Å²) >= 11 is 5.85. The van der Waals surface area contributed by atoms with E-state index in [0.717, 1.165) is 18.7 Å². The van der Waals surface area contributed by atoms with E-state index in [1.54, 1.807) is 24.3 Å². The van der Waals surface area contributed by atoms with Gasteiger partial charge in [0.05, 0.1) is 6.26 Å². The second-order valence-corrected chi connectivity index (χ2v) is 8.58. The van der Waals surface area contributed by atoms with Gasteiger partial charge in [0.15, 0.2) is 0 Å². The van der Waals surface area contributed by atoms with Gasteiger partial charge in [0.2, 0.25) is 15.9 Å². The standard InChI is InChI=1S/C16H24ClN3O3S/c1-18-9-11-19(12-10-18)16(21)7-8-20(24(2,22)23)13-14-3-5-15(17)6-4-14/h3-6H,7-13H2,1-2H3. The first-order valence-corrected chi connectivity index (χ1v) is 10.1. The second-order valence-electron chi connectivity index (χ2n) is 6.16. The zero-order valence-electron chi connectivity index (χ0n) is 14.1. The van der Waals surface area contributed by atoms with E-state index in [9.17, 15) is 13.2 Å². The fourth-order valence-electron chi connectivity index (χ4n) is 2.59. The Morgan fingerprint density at radius 2 is 1.75 bits per heavy atom. The molecule has 0 saturated carbocycles. The van der Waals surface area contributed by atoms with Gasteiger partial charge in [-0.25, -0.2) is 8.42 Å². The lowest BCUT2D eigenvalue weighted by atomic mass is 10.2. The van der Waals surface area contributed by atoms with Gasteiger partial charge >= 0.3 is 0 Å². The summed E-state index contributed by atoms with van der Waals surface area (Å²) in [4.78, 5) is 16.3. The van der Waals surface area contributed by atoms with E-state index >= 15 is 0 Å². The monoisotopic (exact) mass is 373 g/mol. The molecule has 1 fully saturated rings. The number of benzene rings is 1. The van der Waals surface area contributed by atoms with Crippen molar-refractivity contribution >= 4 is 27.5 Å². The highest BCUT2D eigenvalue weighted by atomic mass is 35.5. The second kappa shape index (κ2) is 8.29. The van der Waals surface area contributed by atoms with E-state index in [4.69, 9.17) is 11.6 Å². The van der Waals surface area contributed by atoms with Crippen LogP contribution in [0, 0.1) is 0 Å². The summed E-state index contributed by atoms with van der Waals surface area (Å²) in [6.07, 6.45) is 1.37. The molecular weight excluding hydrogens is 350 g/mol. The van der Waals surface area contributed by atoms with Crippen molar-refractivity contribution in [3.63, 3.8) is 0 Å². The number of nitrogens with zero attached hydrogens (tertiary/aromatic N) is 3. The van der Waals surface area contributed by atoms with Crippen molar-refractivity contribution in [2.45, 2.75) is 13.0 Å². The van der Waals surface area contributed by atoms with E-state index in [1.165, 1.54) is 10.6 Å². The SMILES string of the molecule is CN1CCN(C(=O)CCN(Cc2ccc(Cl)cc2)S(C)(=O)=O)CC1. The lowest BCUT2D eigenvalue weighted by molar-refractivity contribution is -0.132. The molecule has 0 radical (unpaired) electrons. The first kappa shape index (κ1) is 19.2. The zero-order valence-corrected chi connectivity index (χ0v) is 15.7. The molecule has 8 heteroatoms. The van der Waals surface area contributed by atoms with Crippen LogP contribution in [-0.2, 0) is 21.4 Å². The molecule has 1 aromatic carbocycles. The normalized spacial score (nSPS) is 16.6. The van der Waals surface area contributed by atoms with Crippen molar-refractivity contribution in [2.24, 2.45) is 0 Å². The molecule has 6 nitrogen and oxygen atoms in total. The summed E-state index contributed by atoms with van der Waals surface area (Å²) < 4.78 is 25.3. The maximum Gasteiger partial charge on any atom is 0.223 e. The number of amides is 1. The Labute approximate surface area is 149 Å². The topological polar surface area (TPSA) is 60.9 Å². The largest absolute Gasteiger partial charge is 0.340 e. The van der Waals surface area contributed by atoms with Crippen LogP contribution in [0.1, 0.15) is 12.0 Å². The molecular formula is C16H24ClN3O3S. The number of hydrogen-bond donors (Lipinski definition) is 0. The summed E-state index contributed by atoms with van der Waals surface area (Å²) in [5, 5.41) is 0.606. The van der Waals surface area contributed by atoms with E-state index in [-0.39, 0.29) is 25.4 Å². The van der Waals surface area contributed by atoms with Crippen LogP contribution in [-0.4, -0.2) is 74.5 Å². The number of carbonyl (C=O) groups excluding carboxylic acids is 1. The number of rotatable bonds is 6. The highest BCUT2D eigenvalue weighted by molar-refractivity contribution is 7.88. The molecule has 1 aliphatic rings. The van der Waals surface area contributed by atoms with Gasteiger partial charge in [-0.1, -0.05) is 23.7 Å². The van der Waals surface area contributed by atoms with E-state index in [2.05, 4.69) is 4.90 Å². The third-order valence-corrected chi connectivity index (χ3v) is 5.67. The summed E-state index contributed by atoms with van der Waals surface area (Å²) in [6, 6.07) is 7.05. The summed E-state index contributed by atoms with van der Waals surface area (Å²) in [7, 11) is -1.36. The Hall–Kier alpha value is -1.15. The van der Waals surface area contributed by atoms with Gasteiger partial charge < -0.3 is 9.80 Å². The number of carbonyl (C=O) groups is 1. The van der Waals surface area contributed by atoms with Crippen LogP contribution in [0.5, 0.6) is 0 Å². The predicted octanol–water partition coefficient (Wildman–Crippen LogP) is 1.27. The highest BCUT2D eigenvalue weighted by Crippen LogP contribution is 2.14. The minimum Gasteiger partial charge on any atom is -0.340 e. The average Bonchev–Trinajstić information content (AvgIpc) is 2.52. The number of piperazine rings is 1. The summed E-state index contributed by atoms with van der Waals surface area (Å²) in [6.45, 7) is 3.54. The molecule has 0 bridgehead atoms. The number of hydrogen-bond acceptors (Lipinski definition) is 4. The van der Waals surface area contributed by atoms with Gasteiger partial charge in [0.1, 0.15) is 0 Å². The van der Waals surface area contributed by atoms with E-state index < -0.39 is 10.0 Å². The fraction of sp³-hybridized carbons (Fsp3) is 0.562. The number of likely N-dealkylation sites (N-methyl/N-ethyl adjacent to an activating group) is 1. The molecule has 134 valence electrons. The molecule has 0 unspecified atom stereocenters. The van der Waals surface area contributed by atoms with Crippen molar-refractivity contribution < 1.29 is 13.2 Å². The molecule has 1 saturated heterocycles. The van der Waals surface area contributed by atoms with Crippen LogP contribution in [0.15, 0.2) is 24.3 Å². The number of halogens is 1. The lowest BCUT2D eigenvalue weighted by Crippen LogP contribution is -2.47. The minimum absolute atomic E-state index is 0.00727. The first-order chi connectivity index (χ1) is 11.3. The summed E-state index contributed by atoms with van der Waals surface area (Å²) in [5.74, 6) is 0.00727. The molecule has 0 aromatic heterocycles. The van der Waals surface area contributed by atoms with E-state index in [1.807, 2.05) is 11.9 Å². The third kappa shape index (κ3) is 5.73. The first-order valence-electron chi connectivity index (χ1n) is 7.91. The maximum atomic E-state index is 12.3. The minimum atomic E-state index is -3.39. The molecule has 24 heavy (non-hydrogen) atoms. The Morgan fingerprint density at radius 1 is 1.17 bits per heavy atom. The van der Waals surface area contributed by atoms with Gasteiger partial charge in [-0.2, -0.15) is 4.31 Å². The van der Waals surface area contributed by atoms with Crippen LogP contribution in [0.25, 0.3) is 0 Å². The molecule has 2 rings (SSSR count). The maximum absolute atomic E-state index is 12.3. The fourth-order valence-corrected chi connectivity index (χ4v) is 3.52.